The summed E-state index contributed by atoms with van der Waals surface area (Å²) >= 11 is 0. The Kier molecular flexibility index (Phi) is 4.76. The molecular weight excluding hydrogens is 356 g/mol. The van der Waals surface area contributed by atoms with E-state index < -0.39 is 0 Å². The van der Waals surface area contributed by atoms with Crippen molar-refractivity contribution in [3.05, 3.63) is 71.7 Å². The molecule has 3 heterocycles. The topological polar surface area (TPSA) is 92.2 Å². The van der Waals surface area contributed by atoms with Crippen molar-refractivity contribution in [2.75, 3.05) is 23.3 Å². The first-order chi connectivity index (χ1) is 13.6. The Morgan fingerprint density at radius 1 is 1.21 bits per heavy atom. The lowest BCUT2D eigenvalue weighted by Crippen LogP contribution is -2.28. The molecule has 1 aliphatic heterocycles. The molecule has 3 amide bonds. The summed E-state index contributed by atoms with van der Waals surface area (Å²) < 4.78 is 1.76. The van der Waals surface area contributed by atoms with E-state index in [4.69, 9.17) is 0 Å². The molecule has 0 spiro atoms. The normalized spacial score (nSPS) is 13.5. The first-order valence-corrected chi connectivity index (χ1v) is 9.00. The van der Waals surface area contributed by atoms with Gasteiger partial charge < -0.3 is 10.6 Å². The largest absolute Gasteiger partial charge is 0.336 e. The molecule has 0 bridgehead atoms. The first-order valence-electron chi connectivity index (χ1n) is 9.00. The molecule has 0 aliphatic carbocycles. The lowest BCUT2D eigenvalue weighted by atomic mass is 10.1. The number of amides is 3. The number of urea groups is 1. The lowest BCUT2D eigenvalue weighted by molar-refractivity contribution is 0.102. The zero-order chi connectivity index (χ0) is 19.5. The maximum Gasteiger partial charge on any atom is 0.322 e. The van der Waals surface area contributed by atoms with Crippen LogP contribution in [0.15, 0.2) is 55.0 Å². The monoisotopic (exact) mass is 376 g/mol. The SMILES string of the molecule is Cc1cc(C(=O)Nc2ccn(Cc3ccncc3)n2)ccc1N1CCNC1=O. The third kappa shape index (κ3) is 3.71. The highest BCUT2D eigenvalue weighted by Gasteiger charge is 2.23. The highest BCUT2D eigenvalue weighted by atomic mass is 16.2. The third-order valence-electron chi connectivity index (χ3n) is 4.58. The van der Waals surface area contributed by atoms with Crippen LogP contribution in [-0.4, -0.2) is 39.8 Å². The minimum Gasteiger partial charge on any atom is -0.336 e. The molecule has 0 saturated carbocycles. The van der Waals surface area contributed by atoms with E-state index in [2.05, 4.69) is 20.7 Å². The van der Waals surface area contributed by atoms with Crippen LogP contribution < -0.4 is 15.5 Å². The number of aryl methyl sites for hydroxylation is 1. The first kappa shape index (κ1) is 17.7. The van der Waals surface area contributed by atoms with Gasteiger partial charge in [-0.2, -0.15) is 5.10 Å². The Bertz CT molecular complexity index is 1010. The van der Waals surface area contributed by atoms with Crippen LogP contribution >= 0.6 is 0 Å². The van der Waals surface area contributed by atoms with E-state index in [9.17, 15) is 9.59 Å². The van der Waals surface area contributed by atoms with Crippen molar-refractivity contribution in [1.82, 2.24) is 20.1 Å². The van der Waals surface area contributed by atoms with E-state index in [1.807, 2.05) is 25.3 Å². The van der Waals surface area contributed by atoms with E-state index in [-0.39, 0.29) is 11.9 Å². The standard InChI is InChI=1S/C20H20N6O2/c1-14-12-16(2-3-17(14)26-11-9-22-20(26)28)19(27)23-18-6-10-25(24-18)13-15-4-7-21-8-5-15/h2-8,10,12H,9,11,13H2,1H3,(H,22,28)(H,23,24,27). The summed E-state index contributed by atoms with van der Waals surface area (Å²) in [6.45, 7) is 3.74. The van der Waals surface area contributed by atoms with Crippen LogP contribution in [0.2, 0.25) is 0 Å². The molecule has 3 aromatic rings. The Morgan fingerprint density at radius 3 is 2.75 bits per heavy atom. The zero-order valence-electron chi connectivity index (χ0n) is 15.4. The highest BCUT2D eigenvalue weighted by Crippen LogP contribution is 2.23. The molecule has 1 saturated heterocycles. The van der Waals surface area contributed by atoms with Crippen LogP contribution in [0.5, 0.6) is 0 Å². The molecule has 8 heteroatoms. The van der Waals surface area contributed by atoms with Crippen molar-refractivity contribution in [2.24, 2.45) is 0 Å². The Labute approximate surface area is 162 Å². The van der Waals surface area contributed by atoms with Gasteiger partial charge in [-0.15, -0.1) is 0 Å². The number of pyridine rings is 1. The Morgan fingerprint density at radius 2 is 2.04 bits per heavy atom. The minimum atomic E-state index is -0.241. The highest BCUT2D eigenvalue weighted by molar-refractivity contribution is 6.04. The third-order valence-corrected chi connectivity index (χ3v) is 4.58. The van der Waals surface area contributed by atoms with Gasteiger partial charge in [0.25, 0.3) is 5.91 Å². The molecule has 28 heavy (non-hydrogen) atoms. The van der Waals surface area contributed by atoms with Gasteiger partial charge in [-0.25, -0.2) is 4.79 Å². The molecule has 4 rings (SSSR count). The number of hydrogen-bond acceptors (Lipinski definition) is 4. The molecule has 0 atom stereocenters. The fraction of sp³-hybridized carbons (Fsp3) is 0.200. The van der Waals surface area contributed by atoms with Gasteiger partial charge in [-0.3, -0.25) is 19.4 Å². The predicted molar refractivity (Wildman–Crippen MR) is 105 cm³/mol. The maximum atomic E-state index is 12.6. The van der Waals surface area contributed by atoms with E-state index in [0.29, 0.717) is 31.0 Å². The molecule has 1 aliphatic rings. The van der Waals surface area contributed by atoms with Crippen molar-refractivity contribution >= 4 is 23.4 Å². The van der Waals surface area contributed by atoms with Gasteiger partial charge in [0.1, 0.15) is 0 Å². The molecular formula is C20H20N6O2. The fourth-order valence-electron chi connectivity index (χ4n) is 3.18. The van der Waals surface area contributed by atoms with Crippen LogP contribution in [0, 0.1) is 6.92 Å². The van der Waals surface area contributed by atoms with Crippen molar-refractivity contribution < 1.29 is 9.59 Å². The second kappa shape index (κ2) is 7.51. The number of benzene rings is 1. The lowest BCUT2D eigenvalue weighted by Gasteiger charge is -2.17. The maximum absolute atomic E-state index is 12.6. The van der Waals surface area contributed by atoms with Crippen LogP contribution in [0.3, 0.4) is 0 Å². The van der Waals surface area contributed by atoms with Crippen LogP contribution in [0.4, 0.5) is 16.3 Å². The molecule has 2 N–H and O–H groups in total. The summed E-state index contributed by atoms with van der Waals surface area (Å²) in [5.41, 5.74) is 3.28. The molecule has 2 aromatic heterocycles. The van der Waals surface area contributed by atoms with E-state index >= 15 is 0 Å². The number of carbonyl (C=O) groups is 2. The number of nitrogens with one attached hydrogen (secondary N) is 2. The van der Waals surface area contributed by atoms with Gasteiger partial charge in [0.2, 0.25) is 0 Å². The molecule has 142 valence electrons. The van der Waals surface area contributed by atoms with Crippen molar-refractivity contribution in [1.29, 1.82) is 0 Å². The smallest absolute Gasteiger partial charge is 0.322 e. The van der Waals surface area contributed by atoms with E-state index in [1.165, 1.54) is 0 Å². The summed E-state index contributed by atoms with van der Waals surface area (Å²) in [5.74, 6) is 0.245. The van der Waals surface area contributed by atoms with E-state index in [1.54, 1.807) is 46.2 Å². The summed E-state index contributed by atoms with van der Waals surface area (Å²) in [5, 5.41) is 9.98. The second-order valence-corrected chi connectivity index (χ2v) is 6.59. The number of hydrogen-bond donors (Lipinski definition) is 2. The Hall–Kier alpha value is -3.68. The Balaban J connectivity index is 1.44. The number of aromatic nitrogens is 3. The average molecular weight is 376 g/mol. The van der Waals surface area contributed by atoms with Gasteiger partial charge in [-0.1, -0.05) is 0 Å². The van der Waals surface area contributed by atoms with Gasteiger partial charge in [0, 0.05) is 49.0 Å². The molecule has 1 fully saturated rings. The molecule has 0 unspecified atom stereocenters. The van der Waals surface area contributed by atoms with Gasteiger partial charge in [0.05, 0.1) is 6.54 Å². The summed E-state index contributed by atoms with van der Waals surface area (Å²) in [6, 6.07) is 10.8. The van der Waals surface area contributed by atoms with Gasteiger partial charge in [0.15, 0.2) is 5.82 Å². The number of nitrogens with zero attached hydrogens (tertiary/aromatic N) is 4. The quantitative estimate of drug-likeness (QED) is 0.715. The van der Waals surface area contributed by atoms with Crippen molar-refractivity contribution in [3.63, 3.8) is 0 Å². The second-order valence-electron chi connectivity index (χ2n) is 6.59. The van der Waals surface area contributed by atoms with Crippen LogP contribution in [0.25, 0.3) is 0 Å². The molecule has 0 radical (unpaired) electrons. The fourth-order valence-corrected chi connectivity index (χ4v) is 3.18. The number of anilines is 2. The number of rotatable bonds is 5. The average Bonchev–Trinajstić information content (AvgIpc) is 3.31. The van der Waals surface area contributed by atoms with Gasteiger partial charge >= 0.3 is 6.03 Å². The summed E-state index contributed by atoms with van der Waals surface area (Å²) in [4.78, 5) is 30.1. The van der Waals surface area contributed by atoms with E-state index in [0.717, 1.165) is 16.8 Å². The zero-order valence-corrected chi connectivity index (χ0v) is 15.4. The van der Waals surface area contributed by atoms with Crippen LogP contribution in [-0.2, 0) is 6.54 Å². The van der Waals surface area contributed by atoms with Crippen molar-refractivity contribution in [3.8, 4) is 0 Å². The van der Waals surface area contributed by atoms with Crippen LogP contribution in [0.1, 0.15) is 21.5 Å². The predicted octanol–water partition coefficient (Wildman–Crippen LogP) is 2.42. The summed E-state index contributed by atoms with van der Waals surface area (Å²) in [7, 11) is 0. The number of carbonyl (C=O) groups excluding carboxylic acids is 2. The van der Waals surface area contributed by atoms with Gasteiger partial charge in [-0.05, 0) is 48.4 Å². The minimum absolute atomic E-state index is 0.111. The van der Waals surface area contributed by atoms with Crippen molar-refractivity contribution in [2.45, 2.75) is 13.5 Å². The molecule has 1 aromatic carbocycles. The molecule has 8 nitrogen and oxygen atoms in total. The summed E-state index contributed by atoms with van der Waals surface area (Å²) in [6.07, 6.45) is 5.29.